The summed E-state index contributed by atoms with van der Waals surface area (Å²) in [5.74, 6) is 1.18. The van der Waals surface area contributed by atoms with Gasteiger partial charge in [-0.1, -0.05) is 24.8 Å². The molecule has 2 N–H and O–H groups in total. The number of carbonyl (C=O) groups excluding carboxylic acids is 1. The largest absolute Gasteiger partial charge is 0.462 e. The van der Waals surface area contributed by atoms with Gasteiger partial charge in [-0.05, 0) is 92.4 Å². The number of likely N-dealkylation sites (tertiary alicyclic amines) is 1. The summed E-state index contributed by atoms with van der Waals surface area (Å²) in [7, 11) is 2.10. The van der Waals surface area contributed by atoms with E-state index in [-0.39, 0.29) is 17.7 Å². The van der Waals surface area contributed by atoms with Crippen LogP contribution in [0.1, 0.15) is 42.7 Å². The minimum Gasteiger partial charge on any atom is -0.462 e. The highest BCUT2D eigenvalue weighted by molar-refractivity contribution is 5.93. The second-order valence-corrected chi connectivity index (χ2v) is 10.7. The van der Waals surface area contributed by atoms with Crippen LogP contribution in [0.15, 0.2) is 43.0 Å². The van der Waals surface area contributed by atoms with Crippen LogP contribution in [-0.4, -0.2) is 60.1 Å². The molecule has 0 radical (unpaired) electrons. The standard InChI is InChI=1S/C30H34FN5O2/c1-3-27(37)32-11-12-33-29-24-15-25(31)23(22-8-4-6-19-14-18-9-10-21(18)28(19)22)16-26(24)34-30(35-29)38-17-20-7-5-13-36(20)2/h3-4,6,8,15-16,18,20-21H,1,5,7,9-14,17H2,2H3,(H,32,37)(H,33,34,35)/t18?,20-,21?/m0/s1. The van der Waals surface area contributed by atoms with E-state index in [1.54, 1.807) is 0 Å². The monoisotopic (exact) mass is 515 g/mol. The van der Waals surface area contributed by atoms with E-state index in [0.29, 0.717) is 59.9 Å². The number of likely N-dealkylation sites (N-methyl/N-ethyl adjacent to an activating group) is 1. The fourth-order valence-electron chi connectivity index (χ4n) is 6.27. The summed E-state index contributed by atoms with van der Waals surface area (Å²) < 4.78 is 21.8. The van der Waals surface area contributed by atoms with Crippen LogP contribution in [0, 0.1) is 11.7 Å². The molecule has 1 amide bonds. The van der Waals surface area contributed by atoms with Crippen molar-refractivity contribution in [2.75, 3.05) is 38.6 Å². The highest BCUT2D eigenvalue weighted by Crippen LogP contribution is 2.54. The van der Waals surface area contributed by atoms with E-state index in [9.17, 15) is 4.79 Å². The van der Waals surface area contributed by atoms with Crippen LogP contribution in [0.5, 0.6) is 6.01 Å². The van der Waals surface area contributed by atoms with Gasteiger partial charge < -0.3 is 20.3 Å². The molecule has 1 saturated heterocycles. The molecule has 198 valence electrons. The Morgan fingerprint density at radius 3 is 2.87 bits per heavy atom. The van der Waals surface area contributed by atoms with Crippen molar-refractivity contribution in [3.63, 3.8) is 0 Å². The topological polar surface area (TPSA) is 79.4 Å². The number of fused-ring (bicyclic) bond motifs is 4. The number of ether oxygens (including phenoxy) is 1. The first-order valence-electron chi connectivity index (χ1n) is 13.6. The molecular weight excluding hydrogens is 481 g/mol. The van der Waals surface area contributed by atoms with Gasteiger partial charge in [-0.2, -0.15) is 9.97 Å². The first-order valence-corrected chi connectivity index (χ1v) is 13.6. The summed E-state index contributed by atoms with van der Waals surface area (Å²) in [5.41, 5.74) is 4.85. The van der Waals surface area contributed by atoms with E-state index in [2.05, 4.69) is 40.2 Å². The van der Waals surface area contributed by atoms with Crippen LogP contribution in [0.3, 0.4) is 0 Å². The van der Waals surface area contributed by atoms with Crippen LogP contribution in [-0.2, 0) is 11.2 Å². The lowest BCUT2D eigenvalue weighted by Gasteiger charge is -2.31. The molecule has 1 aliphatic heterocycles. The molecule has 2 unspecified atom stereocenters. The Morgan fingerprint density at radius 2 is 2.11 bits per heavy atom. The van der Waals surface area contributed by atoms with Gasteiger partial charge in [0.05, 0.1) is 5.52 Å². The quantitative estimate of drug-likeness (QED) is 0.319. The van der Waals surface area contributed by atoms with Crippen molar-refractivity contribution in [2.24, 2.45) is 5.92 Å². The normalized spacial score (nSPS) is 22.0. The molecule has 3 atom stereocenters. The average molecular weight is 516 g/mol. The number of hydrogen-bond acceptors (Lipinski definition) is 6. The van der Waals surface area contributed by atoms with E-state index in [0.717, 1.165) is 31.4 Å². The Morgan fingerprint density at radius 1 is 1.21 bits per heavy atom. The Hall–Kier alpha value is -3.52. The van der Waals surface area contributed by atoms with Crippen LogP contribution < -0.4 is 15.4 Å². The van der Waals surface area contributed by atoms with Crippen LogP contribution in [0.25, 0.3) is 22.0 Å². The molecule has 1 saturated carbocycles. The van der Waals surface area contributed by atoms with Crippen LogP contribution in [0.4, 0.5) is 10.2 Å². The van der Waals surface area contributed by atoms with Gasteiger partial charge in [0.25, 0.3) is 0 Å². The predicted molar refractivity (Wildman–Crippen MR) is 147 cm³/mol. The Labute approximate surface area is 222 Å². The van der Waals surface area contributed by atoms with Crippen molar-refractivity contribution < 1.29 is 13.9 Å². The van der Waals surface area contributed by atoms with Gasteiger partial charge in [-0.25, -0.2) is 4.39 Å². The maximum atomic E-state index is 15.7. The first-order chi connectivity index (χ1) is 18.5. The SMILES string of the molecule is C=CC(=O)NCCNc1nc(OC[C@@H]2CCCN2C)nc2cc(-c3cccc4c3C3CCC3C4)c(F)cc12. The third-order valence-corrected chi connectivity index (χ3v) is 8.50. The number of halogens is 1. The molecule has 7 nitrogen and oxygen atoms in total. The number of anilines is 1. The van der Waals surface area contributed by atoms with E-state index < -0.39 is 0 Å². The maximum Gasteiger partial charge on any atom is 0.318 e. The zero-order valence-corrected chi connectivity index (χ0v) is 21.8. The average Bonchev–Trinajstić information content (AvgIpc) is 3.43. The minimum absolute atomic E-state index is 0.246. The number of benzene rings is 2. The fraction of sp³-hybridized carbons (Fsp3) is 0.433. The zero-order chi connectivity index (χ0) is 26.2. The summed E-state index contributed by atoms with van der Waals surface area (Å²) >= 11 is 0. The number of amides is 1. The molecule has 1 aromatic heterocycles. The van der Waals surface area contributed by atoms with Gasteiger partial charge >= 0.3 is 6.01 Å². The zero-order valence-electron chi connectivity index (χ0n) is 21.8. The number of rotatable bonds is 9. The Kier molecular flexibility index (Phi) is 6.74. The van der Waals surface area contributed by atoms with Crippen molar-refractivity contribution >= 4 is 22.6 Å². The lowest BCUT2D eigenvalue weighted by atomic mass is 9.73. The number of carbonyl (C=O) groups is 1. The van der Waals surface area contributed by atoms with E-state index in [1.165, 1.54) is 36.1 Å². The molecule has 38 heavy (non-hydrogen) atoms. The molecule has 3 aromatic rings. The summed E-state index contributed by atoms with van der Waals surface area (Å²) in [6, 6.07) is 10.2. The van der Waals surface area contributed by atoms with Crippen LogP contribution >= 0.6 is 0 Å². The molecule has 6 rings (SSSR count). The van der Waals surface area contributed by atoms with Gasteiger partial charge in [-0.3, -0.25) is 4.79 Å². The molecule has 2 fully saturated rings. The van der Waals surface area contributed by atoms with E-state index >= 15 is 4.39 Å². The summed E-state index contributed by atoms with van der Waals surface area (Å²) in [5, 5.41) is 6.56. The molecule has 0 bridgehead atoms. The molecule has 2 heterocycles. The summed E-state index contributed by atoms with van der Waals surface area (Å²) in [4.78, 5) is 23.1. The van der Waals surface area contributed by atoms with Gasteiger partial charge in [0.15, 0.2) is 0 Å². The van der Waals surface area contributed by atoms with Gasteiger partial charge in [-0.15, -0.1) is 0 Å². The lowest BCUT2D eigenvalue weighted by Crippen LogP contribution is -2.31. The third-order valence-electron chi connectivity index (χ3n) is 8.50. The smallest absolute Gasteiger partial charge is 0.318 e. The number of hydrogen-bond donors (Lipinski definition) is 2. The lowest BCUT2D eigenvalue weighted by molar-refractivity contribution is -0.116. The van der Waals surface area contributed by atoms with Crippen LogP contribution in [0.2, 0.25) is 0 Å². The van der Waals surface area contributed by atoms with Crippen molar-refractivity contribution in [1.82, 2.24) is 20.2 Å². The molecule has 2 aromatic carbocycles. The van der Waals surface area contributed by atoms with Crippen molar-refractivity contribution in [3.8, 4) is 17.1 Å². The molecule has 8 heteroatoms. The molecule has 3 aliphatic rings. The third kappa shape index (κ3) is 4.62. The van der Waals surface area contributed by atoms with E-state index in [1.807, 2.05) is 18.2 Å². The molecular formula is C30H34FN5O2. The summed E-state index contributed by atoms with van der Waals surface area (Å²) in [6.45, 7) is 5.81. The highest BCUT2D eigenvalue weighted by atomic mass is 19.1. The number of nitrogens with zero attached hydrogens (tertiary/aromatic N) is 3. The molecule has 0 spiro atoms. The van der Waals surface area contributed by atoms with Crippen molar-refractivity contribution in [1.29, 1.82) is 0 Å². The minimum atomic E-state index is -0.290. The number of aromatic nitrogens is 2. The van der Waals surface area contributed by atoms with Gasteiger partial charge in [0.1, 0.15) is 18.2 Å². The summed E-state index contributed by atoms with van der Waals surface area (Å²) in [6.07, 6.45) is 6.99. The Bertz CT molecular complexity index is 1390. The number of nitrogens with one attached hydrogen (secondary N) is 2. The maximum absolute atomic E-state index is 15.7. The van der Waals surface area contributed by atoms with Crippen molar-refractivity contribution in [3.05, 3.63) is 59.9 Å². The van der Waals surface area contributed by atoms with Gasteiger partial charge in [0, 0.05) is 30.1 Å². The van der Waals surface area contributed by atoms with E-state index in [4.69, 9.17) is 9.72 Å². The second kappa shape index (κ2) is 10.3. The first kappa shape index (κ1) is 24.8. The highest BCUT2D eigenvalue weighted by Gasteiger charge is 2.40. The predicted octanol–water partition coefficient (Wildman–Crippen LogP) is 4.67. The Balaban J connectivity index is 1.35. The molecule has 2 aliphatic carbocycles. The second-order valence-electron chi connectivity index (χ2n) is 10.7. The fourth-order valence-corrected chi connectivity index (χ4v) is 6.27. The van der Waals surface area contributed by atoms with Crippen molar-refractivity contribution in [2.45, 2.75) is 44.1 Å². The van der Waals surface area contributed by atoms with Gasteiger partial charge in [0.2, 0.25) is 5.91 Å².